The number of rotatable bonds is 4. The highest BCUT2D eigenvalue weighted by molar-refractivity contribution is 5.78. The number of hydrogen-bond donors (Lipinski definition) is 0. The van der Waals surface area contributed by atoms with Crippen molar-refractivity contribution in [1.29, 1.82) is 0 Å². The van der Waals surface area contributed by atoms with E-state index in [1.165, 1.54) is 55.6 Å². The predicted octanol–water partition coefficient (Wildman–Crippen LogP) is 8.18. The van der Waals surface area contributed by atoms with E-state index >= 15 is 0 Å². The molecule has 144 valence electrons. The minimum Gasteiger partial charge on any atom is -0.0613 e. The Labute approximate surface area is 174 Å². The van der Waals surface area contributed by atoms with Crippen molar-refractivity contribution in [2.75, 3.05) is 0 Å². The Morgan fingerprint density at radius 2 is 0.931 bits per heavy atom. The first-order chi connectivity index (χ1) is 14.0. The van der Waals surface area contributed by atoms with E-state index in [2.05, 4.69) is 113 Å². The SMILES string of the molecule is CCc1cc(-c2ccc(C)cc2)ccc1-c1ccc(-c2ccc(C)cc2)cc1C. The second-order valence-electron chi connectivity index (χ2n) is 7.99. The molecule has 0 unspecified atom stereocenters. The van der Waals surface area contributed by atoms with Crippen LogP contribution >= 0.6 is 0 Å². The fraction of sp³-hybridized carbons (Fsp3) is 0.172. The van der Waals surface area contributed by atoms with E-state index in [0.29, 0.717) is 0 Å². The summed E-state index contributed by atoms with van der Waals surface area (Å²) < 4.78 is 0. The molecule has 0 heterocycles. The lowest BCUT2D eigenvalue weighted by atomic mass is 9.90. The van der Waals surface area contributed by atoms with Crippen molar-refractivity contribution >= 4 is 0 Å². The Balaban J connectivity index is 1.72. The lowest BCUT2D eigenvalue weighted by Gasteiger charge is -2.15. The monoisotopic (exact) mass is 376 g/mol. The van der Waals surface area contributed by atoms with Gasteiger partial charge in [-0.25, -0.2) is 0 Å². The second-order valence-corrected chi connectivity index (χ2v) is 7.99. The summed E-state index contributed by atoms with van der Waals surface area (Å²) >= 11 is 0. The van der Waals surface area contributed by atoms with Gasteiger partial charge in [-0.1, -0.05) is 103 Å². The van der Waals surface area contributed by atoms with E-state index in [9.17, 15) is 0 Å². The van der Waals surface area contributed by atoms with Crippen LogP contribution in [0.4, 0.5) is 0 Å². The molecule has 0 bridgehead atoms. The van der Waals surface area contributed by atoms with Crippen LogP contribution in [0, 0.1) is 20.8 Å². The van der Waals surface area contributed by atoms with Crippen LogP contribution in [0.2, 0.25) is 0 Å². The highest BCUT2D eigenvalue weighted by Gasteiger charge is 2.10. The third-order valence-electron chi connectivity index (χ3n) is 5.77. The van der Waals surface area contributed by atoms with E-state index in [1.54, 1.807) is 0 Å². The molecule has 0 aliphatic carbocycles. The maximum atomic E-state index is 2.35. The Bertz CT molecular complexity index is 1130. The zero-order chi connectivity index (χ0) is 20.4. The first-order valence-corrected chi connectivity index (χ1v) is 10.4. The normalized spacial score (nSPS) is 10.9. The molecule has 4 rings (SSSR count). The first kappa shape index (κ1) is 19.2. The molecule has 0 saturated carbocycles. The van der Waals surface area contributed by atoms with E-state index < -0.39 is 0 Å². The Hall–Kier alpha value is -3.12. The van der Waals surface area contributed by atoms with Crippen LogP contribution in [-0.4, -0.2) is 0 Å². The van der Waals surface area contributed by atoms with Crippen LogP contribution in [0.15, 0.2) is 84.9 Å². The fourth-order valence-electron chi connectivity index (χ4n) is 3.97. The molecule has 0 N–H and O–H groups in total. The van der Waals surface area contributed by atoms with Gasteiger partial charge in [-0.15, -0.1) is 0 Å². The zero-order valence-corrected chi connectivity index (χ0v) is 17.8. The van der Waals surface area contributed by atoms with Crippen LogP contribution in [0.1, 0.15) is 29.2 Å². The number of hydrogen-bond acceptors (Lipinski definition) is 0. The van der Waals surface area contributed by atoms with Crippen molar-refractivity contribution in [2.45, 2.75) is 34.1 Å². The molecule has 0 aliphatic heterocycles. The van der Waals surface area contributed by atoms with Crippen molar-refractivity contribution in [3.63, 3.8) is 0 Å². The minimum absolute atomic E-state index is 1.02. The van der Waals surface area contributed by atoms with Crippen LogP contribution in [0.5, 0.6) is 0 Å². The lowest BCUT2D eigenvalue weighted by molar-refractivity contribution is 1.14. The van der Waals surface area contributed by atoms with Crippen molar-refractivity contribution in [2.24, 2.45) is 0 Å². The van der Waals surface area contributed by atoms with Crippen LogP contribution in [-0.2, 0) is 6.42 Å². The van der Waals surface area contributed by atoms with Gasteiger partial charge < -0.3 is 0 Å². The molecule has 0 heteroatoms. The number of aryl methyl sites for hydroxylation is 4. The molecule has 29 heavy (non-hydrogen) atoms. The van der Waals surface area contributed by atoms with Crippen LogP contribution < -0.4 is 0 Å². The summed E-state index contributed by atoms with van der Waals surface area (Å²) in [4.78, 5) is 0. The molecule has 0 saturated heterocycles. The van der Waals surface area contributed by atoms with Gasteiger partial charge in [0.05, 0.1) is 0 Å². The zero-order valence-electron chi connectivity index (χ0n) is 17.8. The van der Waals surface area contributed by atoms with Gasteiger partial charge in [0.2, 0.25) is 0 Å². The van der Waals surface area contributed by atoms with Crippen LogP contribution in [0.3, 0.4) is 0 Å². The van der Waals surface area contributed by atoms with Crippen molar-refractivity contribution in [3.05, 3.63) is 107 Å². The molecular weight excluding hydrogens is 348 g/mol. The molecule has 0 atom stereocenters. The molecule has 4 aromatic carbocycles. The quantitative estimate of drug-likeness (QED) is 0.337. The molecule has 0 spiro atoms. The lowest BCUT2D eigenvalue weighted by Crippen LogP contribution is -1.92. The minimum atomic E-state index is 1.02. The van der Waals surface area contributed by atoms with Gasteiger partial charge in [-0.2, -0.15) is 0 Å². The molecule has 0 fully saturated rings. The third-order valence-corrected chi connectivity index (χ3v) is 5.77. The van der Waals surface area contributed by atoms with Crippen LogP contribution in [0.25, 0.3) is 33.4 Å². The number of benzene rings is 4. The molecule has 0 nitrogen and oxygen atoms in total. The van der Waals surface area contributed by atoms with Crippen molar-refractivity contribution in [3.8, 4) is 33.4 Å². The molecular formula is C29H28. The van der Waals surface area contributed by atoms with E-state index in [1.807, 2.05) is 0 Å². The summed E-state index contributed by atoms with van der Waals surface area (Å²) in [5.41, 5.74) is 13.1. The Kier molecular flexibility index (Phi) is 5.36. The topological polar surface area (TPSA) is 0 Å². The Morgan fingerprint density at radius 3 is 1.41 bits per heavy atom. The smallest absolute Gasteiger partial charge is 0.0149 e. The first-order valence-electron chi connectivity index (χ1n) is 10.4. The summed E-state index contributed by atoms with van der Waals surface area (Å²) in [6.45, 7) is 8.73. The molecule has 0 amide bonds. The molecule has 0 aromatic heterocycles. The summed E-state index contributed by atoms with van der Waals surface area (Å²) in [6, 6.07) is 31.3. The summed E-state index contributed by atoms with van der Waals surface area (Å²) in [5.74, 6) is 0. The highest BCUT2D eigenvalue weighted by Crippen LogP contribution is 2.33. The average Bonchev–Trinajstić information content (AvgIpc) is 2.74. The van der Waals surface area contributed by atoms with Gasteiger partial charge in [-0.3, -0.25) is 0 Å². The average molecular weight is 377 g/mol. The van der Waals surface area contributed by atoms with E-state index in [-0.39, 0.29) is 0 Å². The maximum absolute atomic E-state index is 2.35. The van der Waals surface area contributed by atoms with Gasteiger partial charge in [-0.05, 0) is 71.7 Å². The van der Waals surface area contributed by atoms with Gasteiger partial charge in [0.15, 0.2) is 0 Å². The predicted molar refractivity (Wildman–Crippen MR) is 126 cm³/mol. The van der Waals surface area contributed by atoms with Gasteiger partial charge >= 0.3 is 0 Å². The standard InChI is InChI=1S/C29H28/c1-5-23-19-27(25-12-8-21(3)9-13-25)15-17-29(23)28-16-14-26(18-22(28)4)24-10-6-20(2)7-11-24/h6-19H,5H2,1-4H3. The fourth-order valence-corrected chi connectivity index (χ4v) is 3.97. The Morgan fingerprint density at radius 1 is 0.483 bits per heavy atom. The van der Waals surface area contributed by atoms with Crippen molar-refractivity contribution < 1.29 is 0 Å². The summed E-state index contributed by atoms with van der Waals surface area (Å²) in [5, 5.41) is 0. The summed E-state index contributed by atoms with van der Waals surface area (Å²) in [6.07, 6.45) is 1.02. The molecule has 0 aliphatic rings. The highest BCUT2D eigenvalue weighted by atomic mass is 14.1. The maximum Gasteiger partial charge on any atom is -0.0149 e. The van der Waals surface area contributed by atoms with Crippen molar-refractivity contribution in [1.82, 2.24) is 0 Å². The van der Waals surface area contributed by atoms with E-state index in [4.69, 9.17) is 0 Å². The molecule has 0 radical (unpaired) electrons. The second kappa shape index (κ2) is 8.09. The van der Waals surface area contributed by atoms with Gasteiger partial charge in [0.25, 0.3) is 0 Å². The third kappa shape index (κ3) is 4.03. The van der Waals surface area contributed by atoms with E-state index in [0.717, 1.165) is 6.42 Å². The van der Waals surface area contributed by atoms with Gasteiger partial charge in [0.1, 0.15) is 0 Å². The molecule has 4 aromatic rings. The largest absolute Gasteiger partial charge is 0.0613 e. The van der Waals surface area contributed by atoms with Gasteiger partial charge in [0, 0.05) is 0 Å². The summed E-state index contributed by atoms with van der Waals surface area (Å²) in [7, 11) is 0.